The van der Waals surface area contributed by atoms with Gasteiger partial charge >= 0.3 is 0 Å². The van der Waals surface area contributed by atoms with Gasteiger partial charge in [0.15, 0.2) is 5.79 Å². The molecule has 0 bridgehead atoms. The van der Waals surface area contributed by atoms with E-state index in [1.807, 2.05) is 59.3 Å². The van der Waals surface area contributed by atoms with Gasteiger partial charge in [0.25, 0.3) is 0 Å². The first-order valence-corrected chi connectivity index (χ1v) is 11.3. The summed E-state index contributed by atoms with van der Waals surface area (Å²) in [5.74, 6) is -0.0665. The lowest BCUT2D eigenvalue weighted by molar-refractivity contribution is -0.184. The molecule has 174 valence electrons. The van der Waals surface area contributed by atoms with Crippen LogP contribution in [-0.4, -0.2) is 47.6 Å². The third kappa shape index (κ3) is 6.13. The molecule has 3 aromatic rings. The van der Waals surface area contributed by atoms with Crippen LogP contribution in [0.25, 0.3) is 0 Å². The Bertz CT molecular complexity index is 1040. The van der Waals surface area contributed by atoms with E-state index in [1.54, 1.807) is 24.5 Å². The van der Waals surface area contributed by atoms with Gasteiger partial charge in [-0.2, -0.15) is 0 Å². The van der Waals surface area contributed by atoms with Crippen LogP contribution < -0.4 is 9.64 Å². The summed E-state index contributed by atoms with van der Waals surface area (Å²) in [7, 11) is 1.74. The smallest absolute Gasteiger partial charge is 0.223 e. The lowest BCUT2D eigenvalue weighted by Gasteiger charge is -2.28. The predicted octanol–water partition coefficient (Wildman–Crippen LogP) is 4.34. The highest BCUT2D eigenvalue weighted by Gasteiger charge is 2.42. The van der Waals surface area contributed by atoms with Crippen LogP contribution in [0.15, 0.2) is 67.3 Å². The van der Waals surface area contributed by atoms with Gasteiger partial charge in [-0.3, -0.25) is 4.79 Å². The van der Waals surface area contributed by atoms with Crippen LogP contribution in [0, 0.1) is 0 Å². The minimum Gasteiger partial charge on any atom is -0.491 e. The second kappa shape index (κ2) is 10.4. The number of amides is 1. The van der Waals surface area contributed by atoms with Crippen molar-refractivity contribution in [1.82, 2.24) is 9.55 Å². The summed E-state index contributed by atoms with van der Waals surface area (Å²) in [5.41, 5.74) is 1.99. The number of benzene rings is 2. The van der Waals surface area contributed by atoms with Gasteiger partial charge < -0.3 is 23.7 Å². The maximum Gasteiger partial charge on any atom is 0.223 e. The van der Waals surface area contributed by atoms with Crippen molar-refractivity contribution >= 4 is 23.2 Å². The zero-order chi connectivity index (χ0) is 23.3. The summed E-state index contributed by atoms with van der Waals surface area (Å²) in [5, 5.41) is 0.721. The molecule has 1 saturated heterocycles. The Labute approximate surface area is 198 Å². The van der Waals surface area contributed by atoms with Crippen molar-refractivity contribution < 1.29 is 19.0 Å². The third-order valence-electron chi connectivity index (χ3n) is 5.74. The molecule has 2 atom stereocenters. The molecule has 1 aliphatic rings. The van der Waals surface area contributed by atoms with E-state index in [9.17, 15) is 4.79 Å². The number of aromatic nitrogens is 2. The first kappa shape index (κ1) is 23.3. The summed E-state index contributed by atoms with van der Waals surface area (Å²) in [6.45, 7) is 2.89. The molecule has 2 heterocycles. The van der Waals surface area contributed by atoms with Crippen LogP contribution in [-0.2, 0) is 27.2 Å². The van der Waals surface area contributed by atoms with E-state index in [1.165, 1.54) is 12.5 Å². The molecule has 4 rings (SSSR count). The van der Waals surface area contributed by atoms with Gasteiger partial charge in [0.05, 0.1) is 19.5 Å². The average molecular weight is 470 g/mol. The van der Waals surface area contributed by atoms with Crippen LogP contribution in [0.1, 0.15) is 18.9 Å². The molecule has 33 heavy (non-hydrogen) atoms. The fourth-order valence-corrected chi connectivity index (χ4v) is 3.90. The molecule has 2 aromatic carbocycles. The summed E-state index contributed by atoms with van der Waals surface area (Å²) in [6.07, 6.45) is 6.70. The summed E-state index contributed by atoms with van der Waals surface area (Å²) >= 11 is 6.01. The van der Waals surface area contributed by atoms with Gasteiger partial charge in [-0.05, 0) is 48.4 Å². The van der Waals surface area contributed by atoms with Gasteiger partial charge in [-0.15, -0.1) is 0 Å². The van der Waals surface area contributed by atoms with E-state index >= 15 is 0 Å². The minimum absolute atomic E-state index is 0.0204. The molecule has 1 aliphatic heterocycles. The SMILES string of the molecule is CC(=O)N(C)c1ccc(OC[C@@H]2CO[C@](CCc3ccc(Cl)cc3)(Cn3ccnc3)O2)cc1. The van der Waals surface area contributed by atoms with Gasteiger partial charge in [0.2, 0.25) is 5.91 Å². The summed E-state index contributed by atoms with van der Waals surface area (Å²) < 4.78 is 20.5. The number of rotatable bonds is 9. The topological polar surface area (TPSA) is 65.8 Å². The highest BCUT2D eigenvalue weighted by atomic mass is 35.5. The van der Waals surface area contributed by atoms with Crippen LogP contribution >= 0.6 is 11.6 Å². The Balaban J connectivity index is 1.37. The van der Waals surface area contributed by atoms with Crippen molar-refractivity contribution in [2.75, 3.05) is 25.2 Å². The Morgan fingerprint density at radius 2 is 2.00 bits per heavy atom. The van der Waals surface area contributed by atoms with E-state index in [0.717, 1.165) is 17.1 Å². The molecular formula is C25H28ClN3O4. The third-order valence-corrected chi connectivity index (χ3v) is 5.99. The Morgan fingerprint density at radius 3 is 2.67 bits per heavy atom. The highest BCUT2D eigenvalue weighted by Crippen LogP contribution is 2.31. The molecular weight excluding hydrogens is 442 g/mol. The molecule has 0 saturated carbocycles. The second-order valence-electron chi connectivity index (χ2n) is 8.21. The highest BCUT2D eigenvalue weighted by molar-refractivity contribution is 6.30. The maximum atomic E-state index is 11.5. The maximum absolute atomic E-state index is 11.5. The van der Waals surface area contributed by atoms with Crippen molar-refractivity contribution in [1.29, 1.82) is 0 Å². The van der Waals surface area contributed by atoms with E-state index in [4.69, 9.17) is 25.8 Å². The molecule has 0 aliphatic carbocycles. The molecule has 0 N–H and O–H groups in total. The summed E-state index contributed by atoms with van der Waals surface area (Å²) in [6, 6.07) is 15.3. The standard InChI is InChI=1S/C25H28ClN3O4/c1-19(30)28(2)22-7-9-23(10-8-22)31-15-24-16-32-25(33-24,17-29-14-13-27-18-29)12-11-20-3-5-21(26)6-4-20/h3-10,13-14,18,24H,11-12,15-17H2,1-2H3/t24-,25+/m1/s1. The number of hydrogen-bond acceptors (Lipinski definition) is 5. The van der Waals surface area contributed by atoms with Gasteiger partial charge in [0, 0.05) is 43.5 Å². The first-order chi connectivity index (χ1) is 15.9. The quantitative estimate of drug-likeness (QED) is 0.466. The van der Waals surface area contributed by atoms with Gasteiger partial charge in [-0.25, -0.2) is 4.98 Å². The van der Waals surface area contributed by atoms with Crippen LogP contribution in [0.2, 0.25) is 5.02 Å². The molecule has 1 fully saturated rings. The van der Waals surface area contributed by atoms with Gasteiger partial charge in [0.1, 0.15) is 18.5 Å². The van der Waals surface area contributed by atoms with Crippen molar-refractivity contribution in [3.8, 4) is 5.75 Å². The van der Waals surface area contributed by atoms with Crippen molar-refractivity contribution in [2.45, 2.75) is 38.2 Å². The number of hydrogen-bond donors (Lipinski definition) is 0. The number of aryl methyl sites for hydroxylation is 1. The Kier molecular flexibility index (Phi) is 7.33. The van der Waals surface area contributed by atoms with Crippen molar-refractivity contribution in [3.63, 3.8) is 0 Å². The molecule has 8 heteroatoms. The number of anilines is 1. The zero-order valence-electron chi connectivity index (χ0n) is 18.8. The summed E-state index contributed by atoms with van der Waals surface area (Å²) in [4.78, 5) is 17.2. The average Bonchev–Trinajstić information content (AvgIpc) is 3.48. The van der Waals surface area contributed by atoms with E-state index in [-0.39, 0.29) is 12.0 Å². The van der Waals surface area contributed by atoms with Crippen LogP contribution in [0.4, 0.5) is 5.69 Å². The number of nitrogens with zero attached hydrogens (tertiary/aromatic N) is 3. The second-order valence-corrected chi connectivity index (χ2v) is 8.64. The number of carbonyl (C=O) groups is 1. The van der Waals surface area contributed by atoms with E-state index in [0.29, 0.717) is 31.9 Å². The molecule has 0 spiro atoms. The van der Waals surface area contributed by atoms with E-state index in [2.05, 4.69) is 4.98 Å². The number of carbonyl (C=O) groups excluding carboxylic acids is 1. The minimum atomic E-state index is -0.761. The largest absolute Gasteiger partial charge is 0.491 e. The molecule has 7 nitrogen and oxygen atoms in total. The Morgan fingerprint density at radius 1 is 1.24 bits per heavy atom. The monoisotopic (exact) mass is 469 g/mol. The van der Waals surface area contributed by atoms with Crippen molar-refractivity contribution in [3.05, 3.63) is 77.8 Å². The molecule has 1 aromatic heterocycles. The van der Waals surface area contributed by atoms with E-state index < -0.39 is 5.79 Å². The van der Waals surface area contributed by atoms with Crippen LogP contribution in [0.5, 0.6) is 5.75 Å². The molecule has 1 amide bonds. The zero-order valence-corrected chi connectivity index (χ0v) is 19.6. The predicted molar refractivity (Wildman–Crippen MR) is 127 cm³/mol. The molecule has 0 unspecified atom stereocenters. The Hall–Kier alpha value is -2.87. The lowest BCUT2D eigenvalue weighted by atomic mass is 10.0. The fourth-order valence-electron chi connectivity index (χ4n) is 3.77. The molecule has 0 radical (unpaired) electrons. The number of ether oxygens (including phenoxy) is 3. The number of imidazole rings is 1. The van der Waals surface area contributed by atoms with Gasteiger partial charge in [-0.1, -0.05) is 23.7 Å². The first-order valence-electron chi connectivity index (χ1n) is 10.9. The lowest BCUT2D eigenvalue weighted by Crippen LogP contribution is -2.37. The van der Waals surface area contributed by atoms with Crippen molar-refractivity contribution in [2.24, 2.45) is 0 Å². The fraction of sp³-hybridized carbons (Fsp3) is 0.360. The number of halogens is 1. The normalized spacial score (nSPS) is 20.0. The van der Waals surface area contributed by atoms with Crippen LogP contribution in [0.3, 0.4) is 0 Å².